The lowest BCUT2D eigenvalue weighted by Crippen LogP contribution is -2.21. The van der Waals surface area contributed by atoms with Crippen molar-refractivity contribution in [3.63, 3.8) is 0 Å². The molecule has 216 valence electrons. The van der Waals surface area contributed by atoms with E-state index < -0.39 is 0 Å². The monoisotopic (exact) mass is 541 g/mol. The zero-order valence-electron chi connectivity index (χ0n) is 25.9. The molecule has 3 heteroatoms. The number of hydrogen-bond acceptors (Lipinski definition) is 2. The lowest BCUT2D eigenvalue weighted by atomic mass is 9.90. The van der Waals surface area contributed by atoms with E-state index in [0.717, 1.165) is 45.0 Å². The van der Waals surface area contributed by atoms with Crippen molar-refractivity contribution in [3.05, 3.63) is 89.5 Å². The van der Waals surface area contributed by atoms with Crippen LogP contribution in [0.4, 0.5) is 5.69 Å². The van der Waals surface area contributed by atoms with Gasteiger partial charge in [0.05, 0.1) is 6.61 Å². The highest BCUT2D eigenvalue weighted by molar-refractivity contribution is 6.04. The van der Waals surface area contributed by atoms with E-state index in [4.69, 9.17) is 4.74 Å². The summed E-state index contributed by atoms with van der Waals surface area (Å²) in [7, 11) is 0. The normalized spacial score (nSPS) is 12.6. The maximum atomic E-state index is 6.11. The quantitative estimate of drug-likeness (QED) is 0.146. The minimum absolute atomic E-state index is 0.796. The van der Waals surface area contributed by atoms with Gasteiger partial charge in [-0.25, -0.2) is 4.58 Å². The molecule has 3 rings (SSSR count). The van der Waals surface area contributed by atoms with Gasteiger partial charge in [0.25, 0.3) is 0 Å². The van der Waals surface area contributed by atoms with Gasteiger partial charge in [-0.2, -0.15) is 0 Å². The summed E-state index contributed by atoms with van der Waals surface area (Å²) in [6, 6.07) is 17.8. The van der Waals surface area contributed by atoms with Crippen LogP contribution in [-0.4, -0.2) is 43.1 Å². The maximum absolute atomic E-state index is 6.11. The predicted molar refractivity (Wildman–Crippen MR) is 175 cm³/mol. The second kappa shape index (κ2) is 17.6. The van der Waals surface area contributed by atoms with Crippen molar-refractivity contribution in [1.29, 1.82) is 0 Å². The zero-order valence-corrected chi connectivity index (χ0v) is 25.9. The average Bonchev–Trinajstić information content (AvgIpc) is 3.00. The van der Waals surface area contributed by atoms with Crippen LogP contribution in [0.3, 0.4) is 0 Å². The number of nitrogens with zero attached hydrogens (tertiary/aromatic N) is 2. The molecule has 2 aromatic carbocycles. The third-order valence-electron chi connectivity index (χ3n) is 7.98. The standard InChI is InChI=1S/C37H53N2O/c1-6-11-12-13-14-15-16-17-30-40-36-28-22-33(23-29-36)37(31-18-24-34(25-19-31)38(7-2)8-3)32-20-26-35(27-21-32)39(9-4)10-5/h18-29H,6-17,30H2,1-5H3/q+1. The Morgan fingerprint density at radius 1 is 0.625 bits per heavy atom. The fourth-order valence-corrected chi connectivity index (χ4v) is 5.50. The average molecular weight is 542 g/mol. The molecule has 1 aliphatic rings. The van der Waals surface area contributed by atoms with Gasteiger partial charge in [0.2, 0.25) is 0 Å². The van der Waals surface area contributed by atoms with Crippen molar-refractivity contribution in [1.82, 2.24) is 0 Å². The van der Waals surface area contributed by atoms with E-state index in [9.17, 15) is 0 Å². The minimum Gasteiger partial charge on any atom is -0.494 e. The Bertz CT molecular complexity index is 1110. The molecule has 1 aliphatic carbocycles. The van der Waals surface area contributed by atoms with Gasteiger partial charge in [-0.05, 0) is 92.8 Å². The number of benzene rings is 2. The van der Waals surface area contributed by atoms with Gasteiger partial charge in [0.1, 0.15) is 18.8 Å². The topological polar surface area (TPSA) is 15.5 Å². The van der Waals surface area contributed by atoms with E-state index in [2.05, 4.69) is 117 Å². The summed E-state index contributed by atoms with van der Waals surface area (Å²) in [6.45, 7) is 16.0. The number of ether oxygens (including phenoxy) is 1. The molecule has 0 saturated heterocycles. The predicted octanol–water partition coefficient (Wildman–Crippen LogP) is 9.47. The summed E-state index contributed by atoms with van der Waals surface area (Å²) in [5.41, 5.74) is 7.49. The van der Waals surface area contributed by atoms with E-state index in [1.807, 2.05) is 0 Å². The van der Waals surface area contributed by atoms with E-state index in [0.29, 0.717) is 0 Å². The van der Waals surface area contributed by atoms with Crippen LogP contribution in [0.2, 0.25) is 0 Å². The molecular weight excluding hydrogens is 488 g/mol. The van der Waals surface area contributed by atoms with Crippen molar-refractivity contribution in [2.45, 2.75) is 86.0 Å². The summed E-state index contributed by atoms with van der Waals surface area (Å²) in [4.78, 5) is 2.39. The van der Waals surface area contributed by atoms with Crippen molar-refractivity contribution >= 4 is 17.0 Å². The second-order valence-corrected chi connectivity index (χ2v) is 10.7. The first-order valence-electron chi connectivity index (χ1n) is 16.0. The first-order valence-corrected chi connectivity index (χ1v) is 16.0. The fraction of sp³-hybridized carbons (Fsp3) is 0.486. The highest BCUT2D eigenvalue weighted by Gasteiger charge is 2.15. The van der Waals surface area contributed by atoms with E-state index in [-0.39, 0.29) is 0 Å². The first-order chi connectivity index (χ1) is 19.6. The lowest BCUT2D eigenvalue weighted by molar-refractivity contribution is -0.519. The molecule has 0 atom stereocenters. The van der Waals surface area contributed by atoms with Crippen molar-refractivity contribution in [2.24, 2.45) is 0 Å². The van der Waals surface area contributed by atoms with Gasteiger partial charge < -0.3 is 9.64 Å². The molecule has 0 saturated carbocycles. The molecule has 0 spiro atoms. The molecule has 0 fully saturated rings. The van der Waals surface area contributed by atoms with Crippen LogP contribution in [0, 0.1) is 0 Å². The number of rotatable bonds is 17. The van der Waals surface area contributed by atoms with Crippen LogP contribution < -0.4 is 9.64 Å². The third kappa shape index (κ3) is 9.25. The Morgan fingerprint density at radius 3 is 1.68 bits per heavy atom. The highest BCUT2D eigenvalue weighted by atomic mass is 16.5. The Kier molecular flexibility index (Phi) is 13.8. The Morgan fingerprint density at radius 2 is 1.15 bits per heavy atom. The van der Waals surface area contributed by atoms with Crippen LogP contribution in [0.25, 0.3) is 5.57 Å². The van der Waals surface area contributed by atoms with Crippen LogP contribution in [0.1, 0.15) is 97.1 Å². The molecule has 0 unspecified atom stereocenters. The molecule has 0 heterocycles. The Hall–Kier alpha value is -3.07. The van der Waals surface area contributed by atoms with Crippen molar-refractivity contribution in [2.75, 3.05) is 37.7 Å². The van der Waals surface area contributed by atoms with Crippen LogP contribution in [0.5, 0.6) is 5.75 Å². The molecule has 0 radical (unpaired) electrons. The summed E-state index contributed by atoms with van der Waals surface area (Å²) < 4.78 is 8.50. The molecule has 0 aliphatic heterocycles. The van der Waals surface area contributed by atoms with Crippen LogP contribution in [0.15, 0.2) is 78.4 Å². The summed E-state index contributed by atoms with van der Waals surface area (Å²) in [6.07, 6.45) is 19.6. The molecule has 3 nitrogen and oxygen atoms in total. The molecule has 0 amide bonds. The maximum Gasteiger partial charge on any atom is 0.199 e. The zero-order chi connectivity index (χ0) is 28.6. The SMILES string of the molecule is CCCCCCCCCCOc1ccc(C(=C2C=CC(=[N+](CC)CC)C=C2)c2ccc(N(CC)CC)cc2)cc1. The Balaban J connectivity index is 1.76. The third-order valence-corrected chi connectivity index (χ3v) is 7.98. The fourth-order valence-electron chi connectivity index (χ4n) is 5.50. The Labute approximate surface area is 245 Å². The molecule has 0 aromatic heterocycles. The summed E-state index contributed by atoms with van der Waals surface area (Å²) in [5.74, 6) is 0.958. The van der Waals surface area contributed by atoms with Gasteiger partial charge in [-0.1, -0.05) is 76.1 Å². The van der Waals surface area contributed by atoms with Crippen molar-refractivity contribution < 1.29 is 9.31 Å². The van der Waals surface area contributed by atoms with Gasteiger partial charge in [-0.15, -0.1) is 0 Å². The number of allylic oxidation sites excluding steroid dienone is 5. The van der Waals surface area contributed by atoms with Crippen LogP contribution >= 0.6 is 0 Å². The van der Waals surface area contributed by atoms with E-state index in [1.165, 1.54) is 78.6 Å². The molecule has 40 heavy (non-hydrogen) atoms. The largest absolute Gasteiger partial charge is 0.494 e. The smallest absolute Gasteiger partial charge is 0.199 e. The molecule has 0 N–H and O–H groups in total. The number of unbranched alkanes of at least 4 members (excludes halogenated alkanes) is 7. The van der Waals surface area contributed by atoms with Gasteiger partial charge in [0.15, 0.2) is 5.71 Å². The van der Waals surface area contributed by atoms with Crippen LogP contribution in [-0.2, 0) is 0 Å². The minimum atomic E-state index is 0.796. The van der Waals surface area contributed by atoms with Gasteiger partial charge in [0, 0.05) is 30.9 Å². The number of anilines is 1. The van der Waals surface area contributed by atoms with Gasteiger partial charge >= 0.3 is 0 Å². The number of hydrogen-bond donors (Lipinski definition) is 0. The lowest BCUT2D eigenvalue weighted by Gasteiger charge is -2.22. The molecular formula is C37H53N2O+. The summed E-state index contributed by atoms with van der Waals surface area (Å²) >= 11 is 0. The molecule has 0 bridgehead atoms. The van der Waals surface area contributed by atoms with Crippen molar-refractivity contribution in [3.8, 4) is 5.75 Å². The highest BCUT2D eigenvalue weighted by Crippen LogP contribution is 2.32. The second-order valence-electron chi connectivity index (χ2n) is 10.7. The first kappa shape index (κ1) is 31.5. The molecule has 2 aromatic rings. The van der Waals surface area contributed by atoms with Gasteiger partial charge in [-0.3, -0.25) is 0 Å². The summed E-state index contributed by atoms with van der Waals surface area (Å²) in [5, 5.41) is 0. The van der Waals surface area contributed by atoms with E-state index >= 15 is 0 Å². The van der Waals surface area contributed by atoms with E-state index in [1.54, 1.807) is 0 Å².